The third kappa shape index (κ3) is 3.20. The largest absolute Gasteiger partial charge is 0.497 e. The number of alkyl halides is 2. The van der Waals surface area contributed by atoms with Crippen molar-refractivity contribution in [3.63, 3.8) is 0 Å². The second kappa shape index (κ2) is 6.73. The summed E-state index contributed by atoms with van der Waals surface area (Å²) < 4.78 is 31.8. The van der Waals surface area contributed by atoms with Crippen LogP contribution in [-0.2, 0) is 5.60 Å². The van der Waals surface area contributed by atoms with Crippen molar-refractivity contribution in [1.82, 2.24) is 0 Å². The Kier molecular flexibility index (Phi) is 5.20. The predicted molar refractivity (Wildman–Crippen MR) is 78.6 cm³/mol. The molecule has 118 valence electrons. The SMILES string of the molecule is COc1ccc(C(O)(C2CCCCC2)C(C)C(F)F)cc1. The summed E-state index contributed by atoms with van der Waals surface area (Å²) in [6.45, 7) is 1.45. The standard InChI is InChI=1S/C17H24F2O2/c1-12(16(18)19)17(20,13-6-4-3-5-7-13)14-8-10-15(21-2)11-9-14/h8-13,16,20H,3-7H2,1-2H3. The molecule has 0 heterocycles. The van der Waals surface area contributed by atoms with Gasteiger partial charge in [0.25, 0.3) is 0 Å². The Bertz CT molecular complexity index is 441. The Labute approximate surface area is 125 Å². The van der Waals surface area contributed by atoms with E-state index in [9.17, 15) is 13.9 Å². The third-order valence-corrected chi connectivity index (χ3v) is 4.85. The van der Waals surface area contributed by atoms with Crippen LogP contribution >= 0.6 is 0 Å². The van der Waals surface area contributed by atoms with Crippen LogP contribution in [0, 0.1) is 11.8 Å². The fourth-order valence-corrected chi connectivity index (χ4v) is 3.46. The van der Waals surface area contributed by atoms with Crippen LogP contribution in [0.15, 0.2) is 24.3 Å². The molecule has 1 saturated carbocycles. The summed E-state index contributed by atoms with van der Waals surface area (Å²) >= 11 is 0. The molecule has 0 bridgehead atoms. The minimum Gasteiger partial charge on any atom is -0.497 e. The molecule has 0 radical (unpaired) electrons. The molecule has 1 aliphatic carbocycles. The average Bonchev–Trinajstić information content (AvgIpc) is 2.54. The van der Waals surface area contributed by atoms with Crippen molar-refractivity contribution in [1.29, 1.82) is 0 Å². The van der Waals surface area contributed by atoms with Crippen molar-refractivity contribution in [2.75, 3.05) is 7.11 Å². The number of aliphatic hydroxyl groups is 1. The van der Waals surface area contributed by atoms with Crippen LogP contribution in [-0.4, -0.2) is 18.6 Å². The quantitative estimate of drug-likeness (QED) is 0.875. The normalized spacial score (nSPS) is 21.0. The first-order valence-corrected chi connectivity index (χ1v) is 7.65. The van der Waals surface area contributed by atoms with Crippen LogP contribution in [0.2, 0.25) is 0 Å². The second-order valence-corrected chi connectivity index (χ2v) is 6.01. The van der Waals surface area contributed by atoms with E-state index in [1.54, 1.807) is 31.4 Å². The van der Waals surface area contributed by atoms with Gasteiger partial charge >= 0.3 is 0 Å². The van der Waals surface area contributed by atoms with E-state index in [4.69, 9.17) is 4.74 Å². The van der Waals surface area contributed by atoms with Crippen molar-refractivity contribution in [3.8, 4) is 5.75 Å². The average molecular weight is 298 g/mol. The maximum atomic E-state index is 13.3. The van der Waals surface area contributed by atoms with Gasteiger partial charge in [-0.3, -0.25) is 0 Å². The Morgan fingerprint density at radius 1 is 1.14 bits per heavy atom. The van der Waals surface area contributed by atoms with Gasteiger partial charge in [0.05, 0.1) is 13.0 Å². The Balaban J connectivity index is 2.37. The fraction of sp³-hybridized carbons (Fsp3) is 0.647. The van der Waals surface area contributed by atoms with Crippen LogP contribution in [0.3, 0.4) is 0 Å². The minimum absolute atomic E-state index is 0.108. The van der Waals surface area contributed by atoms with Gasteiger partial charge in [-0.2, -0.15) is 0 Å². The molecule has 2 nitrogen and oxygen atoms in total. The monoisotopic (exact) mass is 298 g/mol. The number of benzene rings is 1. The third-order valence-electron chi connectivity index (χ3n) is 4.85. The van der Waals surface area contributed by atoms with Crippen molar-refractivity contribution in [2.24, 2.45) is 11.8 Å². The van der Waals surface area contributed by atoms with Crippen LogP contribution in [0.5, 0.6) is 5.75 Å². The second-order valence-electron chi connectivity index (χ2n) is 6.01. The minimum atomic E-state index is -2.54. The first-order chi connectivity index (χ1) is 10.00. The Morgan fingerprint density at radius 2 is 1.71 bits per heavy atom. The molecule has 2 unspecified atom stereocenters. The van der Waals surface area contributed by atoms with E-state index in [1.807, 2.05) is 0 Å². The van der Waals surface area contributed by atoms with Gasteiger partial charge in [-0.05, 0) is 36.5 Å². The lowest BCUT2D eigenvalue weighted by Gasteiger charge is -2.43. The number of methoxy groups -OCH3 is 1. The van der Waals surface area contributed by atoms with E-state index in [-0.39, 0.29) is 5.92 Å². The van der Waals surface area contributed by atoms with Gasteiger partial charge in [-0.1, -0.05) is 38.3 Å². The van der Waals surface area contributed by atoms with Gasteiger partial charge in [0.15, 0.2) is 0 Å². The zero-order valence-corrected chi connectivity index (χ0v) is 12.7. The number of rotatable bonds is 5. The van der Waals surface area contributed by atoms with E-state index in [1.165, 1.54) is 6.92 Å². The van der Waals surface area contributed by atoms with Crippen molar-refractivity contribution < 1.29 is 18.6 Å². The lowest BCUT2D eigenvalue weighted by atomic mass is 9.67. The molecule has 21 heavy (non-hydrogen) atoms. The molecule has 0 amide bonds. The van der Waals surface area contributed by atoms with Crippen LogP contribution in [0.1, 0.15) is 44.6 Å². The number of ether oxygens (including phenoxy) is 1. The van der Waals surface area contributed by atoms with E-state index in [0.29, 0.717) is 11.3 Å². The van der Waals surface area contributed by atoms with Gasteiger partial charge in [0, 0.05) is 0 Å². The highest BCUT2D eigenvalue weighted by Crippen LogP contribution is 2.46. The van der Waals surface area contributed by atoms with E-state index < -0.39 is 17.9 Å². The fourth-order valence-electron chi connectivity index (χ4n) is 3.46. The molecule has 1 aromatic carbocycles. The summed E-state index contributed by atoms with van der Waals surface area (Å²) in [5.41, 5.74) is -0.899. The molecule has 0 aromatic heterocycles. The molecule has 1 fully saturated rings. The van der Waals surface area contributed by atoms with Crippen LogP contribution in [0.25, 0.3) is 0 Å². The number of hydrogen-bond donors (Lipinski definition) is 1. The summed E-state index contributed by atoms with van der Waals surface area (Å²) in [6.07, 6.45) is 2.19. The molecule has 0 aliphatic heterocycles. The van der Waals surface area contributed by atoms with Gasteiger partial charge in [0.2, 0.25) is 6.43 Å². The maximum absolute atomic E-state index is 13.3. The van der Waals surface area contributed by atoms with E-state index >= 15 is 0 Å². The highest BCUT2D eigenvalue weighted by atomic mass is 19.3. The van der Waals surface area contributed by atoms with Gasteiger partial charge < -0.3 is 9.84 Å². The highest BCUT2D eigenvalue weighted by molar-refractivity contribution is 5.32. The molecule has 0 saturated heterocycles. The molecular weight excluding hydrogens is 274 g/mol. The lowest BCUT2D eigenvalue weighted by Crippen LogP contribution is -2.45. The van der Waals surface area contributed by atoms with Crippen molar-refractivity contribution in [2.45, 2.75) is 51.1 Å². The molecule has 4 heteroatoms. The maximum Gasteiger partial charge on any atom is 0.244 e. The summed E-state index contributed by atoms with van der Waals surface area (Å²) in [5.74, 6) is -0.535. The topological polar surface area (TPSA) is 29.5 Å². The molecular formula is C17H24F2O2. The molecule has 1 aliphatic rings. The van der Waals surface area contributed by atoms with Crippen LogP contribution < -0.4 is 4.74 Å². The number of halogens is 2. The summed E-state index contributed by atoms with van der Waals surface area (Å²) in [7, 11) is 1.56. The number of hydrogen-bond acceptors (Lipinski definition) is 2. The first kappa shape index (κ1) is 16.2. The van der Waals surface area contributed by atoms with E-state index in [0.717, 1.165) is 32.1 Å². The van der Waals surface area contributed by atoms with E-state index in [2.05, 4.69) is 0 Å². The molecule has 1 aromatic rings. The Morgan fingerprint density at radius 3 is 2.19 bits per heavy atom. The van der Waals surface area contributed by atoms with Crippen molar-refractivity contribution >= 4 is 0 Å². The van der Waals surface area contributed by atoms with Crippen LogP contribution in [0.4, 0.5) is 8.78 Å². The predicted octanol–water partition coefficient (Wildman–Crippen LogP) is 4.36. The molecule has 0 spiro atoms. The van der Waals surface area contributed by atoms with Gasteiger partial charge in [0.1, 0.15) is 11.4 Å². The highest BCUT2D eigenvalue weighted by Gasteiger charge is 2.46. The zero-order valence-electron chi connectivity index (χ0n) is 12.7. The summed E-state index contributed by atoms with van der Waals surface area (Å²) in [4.78, 5) is 0. The summed E-state index contributed by atoms with van der Waals surface area (Å²) in [6, 6.07) is 6.88. The lowest BCUT2D eigenvalue weighted by molar-refractivity contribution is -0.128. The molecule has 1 N–H and O–H groups in total. The van der Waals surface area contributed by atoms with Crippen molar-refractivity contribution in [3.05, 3.63) is 29.8 Å². The van der Waals surface area contributed by atoms with Gasteiger partial charge in [-0.25, -0.2) is 8.78 Å². The first-order valence-electron chi connectivity index (χ1n) is 7.65. The molecule has 2 atom stereocenters. The summed E-state index contributed by atoms with van der Waals surface area (Å²) in [5, 5.41) is 11.2. The Hall–Kier alpha value is -1.16. The molecule has 2 rings (SSSR count). The zero-order chi connectivity index (χ0) is 15.5. The van der Waals surface area contributed by atoms with Gasteiger partial charge in [-0.15, -0.1) is 0 Å². The smallest absolute Gasteiger partial charge is 0.244 e.